The molecule has 0 atom stereocenters. The summed E-state index contributed by atoms with van der Waals surface area (Å²) in [6, 6.07) is 0. The van der Waals surface area contributed by atoms with E-state index in [1.807, 2.05) is 32.7 Å². The van der Waals surface area contributed by atoms with Crippen LogP contribution in [-0.4, -0.2) is 67.2 Å². The molecule has 6 heteroatoms. The molecule has 1 N–H and O–H groups in total. The van der Waals surface area contributed by atoms with Gasteiger partial charge in [0.05, 0.1) is 0 Å². The maximum atomic E-state index is 12.1. The standard InChI is InChI=1S/C15H29N3O3/c1-15(2,3)21-14(20)18-10-7-13(19)17(11-12-18)9-6-5-8-16-4/h16H,5-12H2,1-4H3. The van der Waals surface area contributed by atoms with Crippen LogP contribution in [0.4, 0.5) is 4.79 Å². The lowest BCUT2D eigenvalue weighted by Crippen LogP contribution is -2.39. The average Bonchev–Trinajstić information content (AvgIpc) is 2.55. The summed E-state index contributed by atoms with van der Waals surface area (Å²) in [4.78, 5) is 27.6. The zero-order valence-electron chi connectivity index (χ0n) is 13.8. The largest absolute Gasteiger partial charge is 0.444 e. The van der Waals surface area contributed by atoms with Crippen molar-refractivity contribution in [1.29, 1.82) is 0 Å². The smallest absolute Gasteiger partial charge is 0.410 e. The van der Waals surface area contributed by atoms with Gasteiger partial charge in [-0.1, -0.05) is 0 Å². The van der Waals surface area contributed by atoms with Crippen molar-refractivity contribution in [3.05, 3.63) is 0 Å². The first kappa shape index (κ1) is 17.8. The Kier molecular flexibility index (Phi) is 6.95. The van der Waals surface area contributed by atoms with Gasteiger partial charge in [0.2, 0.25) is 5.91 Å². The zero-order chi connectivity index (χ0) is 15.9. The quantitative estimate of drug-likeness (QED) is 0.781. The number of ether oxygens (including phenoxy) is 1. The number of nitrogens with one attached hydrogen (secondary N) is 1. The fourth-order valence-electron chi connectivity index (χ4n) is 2.22. The van der Waals surface area contributed by atoms with E-state index >= 15 is 0 Å². The molecule has 0 aromatic rings. The molecule has 0 unspecified atom stereocenters. The molecule has 122 valence electrons. The number of rotatable bonds is 5. The molecule has 1 saturated heterocycles. The second-order valence-corrected chi connectivity index (χ2v) is 6.41. The summed E-state index contributed by atoms with van der Waals surface area (Å²) in [5.41, 5.74) is -0.500. The molecule has 2 amide bonds. The highest BCUT2D eigenvalue weighted by Crippen LogP contribution is 2.13. The van der Waals surface area contributed by atoms with Crippen LogP contribution < -0.4 is 5.32 Å². The van der Waals surface area contributed by atoms with E-state index in [0.29, 0.717) is 26.1 Å². The van der Waals surface area contributed by atoms with Gasteiger partial charge in [-0.3, -0.25) is 4.79 Å². The Morgan fingerprint density at radius 1 is 1.24 bits per heavy atom. The fourth-order valence-corrected chi connectivity index (χ4v) is 2.22. The van der Waals surface area contributed by atoms with E-state index in [4.69, 9.17) is 4.74 Å². The molecule has 0 bridgehead atoms. The van der Waals surface area contributed by atoms with Gasteiger partial charge < -0.3 is 19.9 Å². The van der Waals surface area contributed by atoms with Gasteiger partial charge in [0.25, 0.3) is 0 Å². The van der Waals surface area contributed by atoms with Crippen molar-refractivity contribution in [2.75, 3.05) is 39.8 Å². The van der Waals surface area contributed by atoms with Crippen LogP contribution in [0.3, 0.4) is 0 Å². The number of nitrogens with zero attached hydrogens (tertiary/aromatic N) is 2. The summed E-state index contributed by atoms with van der Waals surface area (Å²) >= 11 is 0. The molecule has 0 radical (unpaired) electrons. The van der Waals surface area contributed by atoms with E-state index in [-0.39, 0.29) is 12.0 Å². The van der Waals surface area contributed by atoms with E-state index in [0.717, 1.165) is 25.9 Å². The van der Waals surface area contributed by atoms with Crippen LogP contribution in [0.2, 0.25) is 0 Å². The lowest BCUT2D eigenvalue weighted by atomic mass is 10.2. The van der Waals surface area contributed by atoms with E-state index in [9.17, 15) is 9.59 Å². The van der Waals surface area contributed by atoms with Crippen LogP contribution in [0, 0.1) is 0 Å². The van der Waals surface area contributed by atoms with Crippen molar-refractivity contribution < 1.29 is 14.3 Å². The summed E-state index contributed by atoms with van der Waals surface area (Å²) in [5, 5.41) is 3.10. The molecule has 1 rings (SSSR count). The first-order chi connectivity index (χ1) is 9.83. The van der Waals surface area contributed by atoms with Crippen LogP contribution in [0.1, 0.15) is 40.0 Å². The Labute approximate surface area is 127 Å². The summed E-state index contributed by atoms with van der Waals surface area (Å²) in [7, 11) is 1.93. The van der Waals surface area contributed by atoms with E-state index in [2.05, 4.69) is 5.32 Å². The van der Waals surface area contributed by atoms with E-state index in [1.165, 1.54) is 0 Å². The topological polar surface area (TPSA) is 61.9 Å². The summed E-state index contributed by atoms with van der Waals surface area (Å²) in [6.45, 7) is 8.87. The number of unbranched alkanes of at least 4 members (excludes halogenated alkanes) is 1. The van der Waals surface area contributed by atoms with Crippen molar-refractivity contribution in [3.63, 3.8) is 0 Å². The van der Waals surface area contributed by atoms with Gasteiger partial charge in [-0.15, -0.1) is 0 Å². The molecule has 0 spiro atoms. The Morgan fingerprint density at radius 2 is 1.95 bits per heavy atom. The number of hydrogen-bond acceptors (Lipinski definition) is 4. The van der Waals surface area contributed by atoms with Crippen LogP contribution >= 0.6 is 0 Å². The van der Waals surface area contributed by atoms with Gasteiger partial charge >= 0.3 is 6.09 Å². The Morgan fingerprint density at radius 3 is 2.57 bits per heavy atom. The van der Waals surface area contributed by atoms with Crippen LogP contribution in [-0.2, 0) is 9.53 Å². The maximum Gasteiger partial charge on any atom is 0.410 e. The SMILES string of the molecule is CNCCCCN1CCN(C(=O)OC(C)(C)C)CCC1=O. The first-order valence-electron chi connectivity index (χ1n) is 7.74. The molecule has 6 nitrogen and oxygen atoms in total. The Balaban J connectivity index is 2.44. The minimum Gasteiger partial charge on any atom is -0.444 e. The van der Waals surface area contributed by atoms with Gasteiger partial charge in [-0.25, -0.2) is 4.79 Å². The highest BCUT2D eigenvalue weighted by atomic mass is 16.6. The molecule has 1 fully saturated rings. The molecule has 0 aromatic heterocycles. The minimum absolute atomic E-state index is 0.130. The van der Waals surface area contributed by atoms with Gasteiger partial charge in [-0.2, -0.15) is 0 Å². The lowest BCUT2D eigenvalue weighted by Gasteiger charge is -2.26. The Hall–Kier alpha value is -1.30. The number of carbonyl (C=O) groups excluding carboxylic acids is 2. The van der Waals surface area contributed by atoms with E-state index in [1.54, 1.807) is 4.90 Å². The highest BCUT2D eigenvalue weighted by molar-refractivity contribution is 5.78. The summed E-state index contributed by atoms with van der Waals surface area (Å²) in [6.07, 6.45) is 2.09. The van der Waals surface area contributed by atoms with E-state index < -0.39 is 5.60 Å². The summed E-state index contributed by atoms with van der Waals surface area (Å²) in [5.74, 6) is 0.130. The third-order valence-corrected chi connectivity index (χ3v) is 3.34. The van der Waals surface area contributed by atoms with Crippen molar-refractivity contribution >= 4 is 12.0 Å². The predicted octanol–water partition coefficient (Wildman–Crippen LogP) is 1.46. The fraction of sp³-hybridized carbons (Fsp3) is 0.867. The molecule has 1 heterocycles. The van der Waals surface area contributed by atoms with Gasteiger partial charge in [0, 0.05) is 32.6 Å². The molecular weight excluding hydrogens is 270 g/mol. The molecule has 1 aliphatic heterocycles. The van der Waals surface area contributed by atoms with Crippen LogP contribution in [0.5, 0.6) is 0 Å². The number of amides is 2. The second kappa shape index (κ2) is 8.22. The molecule has 0 aromatic carbocycles. The van der Waals surface area contributed by atoms with Crippen molar-refractivity contribution in [1.82, 2.24) is 15.1 Å². The van der Waals surface area contributed by atoms with Gasteiger partial charge in [0.15, 0.2) is 0 Å². The monoisotopic (exact) mass is 299 g/mol. The van der Waals surface area contributed by atoms with Gasteiger partial charge in [0.1, 0.15) is 5.60 Å². The second-order valence-electron chi connectivity index (χ2n) is 6.41. The third-order valence-electron chi connectivity index (χ3n) is 3.34. The molecule has 0 aliphatic carbocycles. The Bertz CT molecular complexity index is 353. The van der Waals surface area contributed by atoms with Crippen molar-refractivity contribution in [3.8, 4) is 0 Å². The summed E-state index contributed by atoms with van der Waals surface area (Å²) < 4.78 is 5.37. The van der Waals surface area contributed by atoms with Gasteiger partial charge in [-0.05, 0) is 47.2 Å². The number of carbonyl (C=O) groups is 2. The molecule has 1 aliphatic rings. The zero-order valence-corrected chi connectivity index (χ0v) is 13.8. The normalized spacial score (nSPS) is 16.9. The number of hydrogen-bond donors (Lipinski definition) is 1. The third kappa shape index (κ3) is 6.80. The predicted molar refractivity (Wildman–Crippen MR) is 82.2 cm³/mol. The minimum atomic E-state index is -0.500. The first-order valence-corrected chi connectivity index (χ1v) is 7.74. The van der Waals surface area contributed by atoms with Crippen LogP contribution in [0.15, 0.2) is 0 Å². The highest BCUT2D eigenvalue weighted by Gasteiger charge is 2.26. The lowest BCUT2D eigenvalue weighted by molar-refractivity contribution is -0.130. The molecular formula is C15H29N3O3. The average molecular weight is 299 g/mol. The maximum absolute atomic E-state index is 12.1. The van der Waals surface area contributed by atoms with Crippen LogP contribution in [0.25, 0.3) is 0 Å². The van der Waals surface area contributed by atoms with Crippen molar-refractivity contribution in [2.45, 2.75) is 45.6 Å². The van der Waals surface area contributed by atoms with Crippen molar-refractivity contribution in [2.24, 2.45) is 0 Å². The molecule has 21 heavy (non-hydrogen) atoms. The molecule has 0 saturated carbocycles.